The Balaban J connectivity index is 2.16. The first kappa shape index (κ1) is 9.47. The van der Waals surface area contributed by atoms with Gasteiger partial charge in [-0.25, -0.2) is 0 Å². The molecule has 0 saturated heterocycles. The lowest BCUT2D eigenvalue weighted by Gasteiger charge is -2.20. The predicted molar refractivity (Wildman–Crippen MR) is 58.8 cm³/mol. The molecule has 1 aliphatic carbocycles. The summed E-state index contributed by atoms with van der Waals surface area (Å²) in [6.07, 6.45) is 5.57. The van der Waals surface area contributed by atoms with Gasteiger partial charge in [-0.1, -0.05) is 36.4 Å². The summed E-state index contributed by atoms with van der Waals surface area (Å²) in [5, 5.41) is 9.13. The van der Waals surface area contributed by atoms with E-state index in [-0.39, 0.29) is 0 Å². The Morgan fingerprint density at radius 1 is 1.21 bits per heavy atom. The van der Waals surface area contributed by atoms with Crippen LogP contribution in [0.15, 0.2) is 36.4 Å². The lowest BCUT2D eigenvalue weighted by Crippen LogP contribution is -2.10. The predicted octanol–water partition coefficient (Wildman–Crippen LogP) is 2.86. The molecule has 0 fully saturated rings. The number of hydrogen-bond acceptors (Lipinski definition) is 1. The number of rotatable bonds is 2. The summed E-state index contributed by atoms with van der Waals surface area (Å²) in [6.45, 7) is 0.324. The quantitative estimate of drug-likeness (QED) is 0.756. The van der Waals surface area contributed by atoms with Crippen molar-refractivity contribution in [2.24, 2.45) is 5.92 Å². The van der Waals surface area contributed by atoms with Gasteiger partial charge in [-0.3, -0.25) is 0 Å². The molecule has 0 heterocycles. The number of aliphatic hydroxyl groups is 1. The van der Waals surface area contributed by atoms with Gasteiger partial charge in [0.1, 0.15) is 0 Å². The van der Waals surface area contributed by atoms with Gasteiger partial charge in [0, 0.05) is 6.61 Å². The molecule has 1 heteroatoms. The minimum absolute atomic E-state index is 0.324. The first-order valence-corrected chi connectivity index (χ1v) is 5.25. The van der Waals surface area contributed by atoms with Crippen LogP contribution < -0.4 is 0 Å². The summed E-state index contributed by atoms with van der Waals surface area (Å²) < 4.78 is 0. The molecule has 0 radical (unpaired) electrons. The van der Waals surface area contributed by atoms with Crippen molar-refractivity contribution in [1.82, 2.24) is 0 Å². The van der Waals surface area contributed by atoms with Gasteiger partial charge in [0.25, 0.3) is 0 Å². The van der Waals surface area contributed by atoms with Crippen LogP contribution in [0.1, 0.15) is 24.8 Å². The summed E-state index contributed by atoms with van der Waals surface area (Å²) >= 11 is 0. The molecule has 0 saturated carbocycles. The molecule has 1 atom stereocenters. The van der Waals surface area contributed by atoms with E-state index in [2.05, 4.69) is 30.3 Å². The average molecular weight is 188 g/mol. The highest BCUT2D eigenvalue weighted by Crippen LogP contribution is 2.30. The minimum Gasteiger partial charge on any atom is -0.396 e. The number of aliphatic hydroxyl groups excluding tert-OH is 1. The second-order valence-corrected chi connectivity index (χ2v) is 3.93. The van der Waals surface area contributed by atoms with E-state index in [0.717, 1.165) is 19.3 Å². The molecule has 1 aliphatic rings. The maximum atomic E-state index is 9.13. The van der Waals surface area contributed by atoms with Gasteiger partial charge in [0.15, 0.2) is 0 Å². The van der Waals surface area contributed by atoms with Crippen molar-refractivity contribution in [3.63, 3.8) is 0 Å². The first-order valence-electron chi connectivity index (χ1n) is 5.25. The Labute approximate surface area is 85.1 Å². The largest absolute Gasteiger partial charge is 0.396 e. The molecule has 74 valence electrons. The highest BCUT2D eigenvalue weighted by molar-refractivity contribution is 5.66. The second kappa shape index (κ2) is 4.43. The zero-order valence-corrected chi connectivity index (χ0v) is 8.32. The monoisotopic (exact) mass is 188 g/mol. The fraction of sp³-hybridized carbons (Fsp3) is 0.385. The summed E-state index contributed by atoms with van der Waals surface area (Å²) in [6, 6.07) is 10.5. The van der Waals surface area contributed by atoms with Crippen LogP contribution in [0.5, 0.6) is 0 Å². The van der Waals surface area contributed by atoms with Crippen molar-refractivity contribution < 1.29 is 5.11 Å². The van der Waals surface area contributed by atoms with E-state index in [1.54, 1.807) is 0 Å². The minimum atomic E-state index is 0.324. The Kier molecular flexibility index (Phi) is 3.00. The third-order valence-electron chi connectivity index (χ3n) is 2.88. The fourth-order valence-corrected chi connectivity index (χ4v) is 2.03. The smallest absolute Gasteiger partial charge is 0.0462 e. The second-order valence-electron chi connectivity index (χ2n) is 3.93. The number of benzene rings is 1. The van der Waals surface area contributed by atoms with Gasteiger partial charge in [0.2, 0.25) is 0 Å². The number of allylic oxidation sites excluding steroid dienone is 2. The van der Waals surface area contributed by atoms with Crippen molar-refractivity contribution in [1.29, 1.82) is 0 Å². The molecule has 1 unspecified atom stereocenters. The Morgan fingerprint density at radius 2 is 2.00 bits per heavy atom. The van der Waals surface area contributed by atoms with Gasteiger partial charge < -0.3 is 5.11 Å². The van der Waals surface area contributed by atoms with E-state index < -0.39 is 0 Å². The van der Waals surface area contributed by atoms with Crippen LogP contribution in [-0.2, 0) is 0 Å². The Morgan fingerprint density at radius 3 is 2.71 bits per heavy atom. The average Bonchev–Trinajstić information content (AvgIpc) is 2.30. The zero-order chi connectivity index (χ0) is 9.80. The van der Waals surface area contributed by atoms with E-state index in [0.29, 0.717) is 12.5 Å². The summed E-state index contributed by atoms with van der Waals surface area (Å²) in [4.78, 5) is 0. The molecule has 2 rings (SSSR count). The first-order chi connectivity index (χ1) is 6.90. The lowest BCUT2D eigenvalue weighted by molar-refractivity contribution is 0.219. The van der Waals surface area contributed by atoms with Crippen LogP contribution in [0.3, 0.4) is 0 Å². The third-order valence-corrected chi connectivity index (χ3v) is 2.88. The van der Waals surface area contributed by atoms with Crippen molar-refractivity contribution in [3.8, 4) is 0 Å². The highest BCUT2D eigenvalue weighted by atomic mass is 16.3. The van der Waals surface area contributed by atoms with E-state index in [9.17, 15) is 0 Å². The van der Waals surface area contributed by atoms with Crippen LogP contribution in [0.4, 0.5) is 0 Å². The van der Waals surface area contributed by atoms with Crippen molar-refractivity contribution in [2.45, 2.75) is 19.3 Å². The third kappa shape index (κ3) is 2.05. The topological polar surface area (TPSA) is 20.2 Å². The molecule has 1 aromatic carbocycles. The van der Waals surface area contributed by atoms with E-state index in [1.165, 1.54) is 11.1 Å². The molecule has 14 heavy (non-hydrogen) atoms. The standard InChI is InChI=1S/C13H16O/c14-10-11-5-4-8-13(9-11)12-6-2-1-3-7-12/h1-3,6-8,11,14H,4-5,9-10H2. The van der Waals surface area contributed by atoms with Crippen molar-refractivity contribution >= 4 is 5.57 Å². The highest BCUT2D eigenvalue weighted by Gasteiger charge is 2.15. The van der Waals surface area contributed by atoms with Gasteiger partial charge in [-0.05, 0) is 36.3 Å². The molecular formula is C13H16O. The van der Waals surface area contributed by atoms with E-state index >= 15 is 0 Å². The van der Waals surface area contributed by atoms with Crippen LogP contribution in [0.25, 0.3) is 5.57 Å². The fourth-order valence-electron chi connectivity index (χ4n) is 2.03. The SMILES string of the molecule is OCC1CCC=C(c2ccccc2)C1. The van der Waals surface area contributed by atoms with E-state index in [4.69, 9.17) is 5.11 Å². The lowest BCUT2D eigenvalue weighted by atomic mass is 9.86. The number of hydrogen-bond donors (Lipinski definition) is 1. The van der Waals surface area contributed by atoms with Crippen LogP contribution in [0, 0.1) is 5.92 Å². The van der Waals surface area contributed by atoms with E-state index in [1.807, 2.05) is 6.07 Å². The summed E-state index contributed by atoms with van der Waals surface area (Å²) in [5.41, 5.74) is 2.71. The molecule has 1 nitrogen and oxygen atoms in total. The molecule has 0 aliphatic heterocycles. The summed E-state index contributed by atoms with van der Waals surface area (Å²) in [5.74, 6) is 0.468. The van der Waals surface area contributed by atoms with Gasteiger partial charge in [0.05, 0.1) is 0 Å². The molecule has 1 N–H and O–H groups in total. The Hall–Kier alpha value is -1.08. The molecule has 0 bridgehead atoms. The van der Waals surface area contributed by atoms with Gasteiger partial charge in [-0.2, -0.15) is 0 Å². The zero-order valence-electron chi connectivity index (χ0n) is 8.32. The maximum absolute atomic E-state index is 9.13. The summed E-state index contributed by atoms with van der Waals surface area (Å²) in [7, 11) is 0. The van der Waals surface area contributed by atoms with Crippen LogP contribution in [-0.4, -0.2) is 11.7 Å². The van der Waals surface area contributed by atoms with Gasteiger partial charge >= 0.3 is 0 Å². The molecule has 1 aromatic rings. The van der Waals surface area contributed by atoms with Gasteiger partial charge in [-0.15, -0.1) is 0 Å². The molecule has 0 amide bonds. The van der Waals surface area contributed by atoms with Crippen molar-refractivity contribution in [3.05, 3.63) is 42.0 Å². The molecular weight excluding hydrogens is 172 g/mol. The maximum Gasteiger partial charge on any atom is 0.0462 e. The normalized spacial score (nSPS) is 21.8. The van der Waals surface area contributed by atoms with Crippen molar-refractivity contribution in [2.75, 3.05) is 6.61 Å². The van der Waals surface area contributed by atoms with Crippen LogP contribution >= 0.6 is 0 Å². The molecule has 0 aromatic heterocycles. The molecule has 0 spiro atoms. The Bertz CT molecular complexity index is 313. The van der Waals surface area contributed by atoms with Crippen LogP contribution in [0.2, 0.25) is 0 Å².